The third-order valence-electron chi connectivity index (χ3n) is 2.68. The molecule has 0 spiro atoms. The summed E-state index contributed by atoms with van der Waals surface area (Å²) in [6.07, 6.45) is 1.11. The summed E-state index contributed by atoms with van der Waals surface area (Å²) in [7, 11) is 0. The van der Waals surface area contributed by atoms with Gasteiger partial charge in [0.2, 0.25) is 5.43 Å². The van der Waals surface area contributed by atoms with Gasteiger partial charge in [0, 0.05) is 5.39 Å². The van der Waals surface area contributed by atoms with Gasteiger partial charge in [0.1, 0.15) is 0 Å². The van der Waals surface area contributed by atoms with Crippen LogP contribution < -0.4 is 5.43 Å². The molecule has 0 aliphatic rings. The summed E-state index contributed by atoms with van der Waals surface area (Å²) >= 11 is 0. The maximum absolute atomic E-state index is 11.6. The molecule has 0 aliphatic heterocycles. The molecule has 94 valence electrons. The summed E-state index contributed by atoms with van der Waals surface area (Å²) < 4.78 is 1.31. The van der Waals surface area contributed by atoms with E-state index in [1.165, 1.54) is 11.6 Å². The van der Waals surface area contributed by atoms with Crippen LogP contribution in [0.4, 0.5) is 0 Å². The third kappa shape index (κ3) is 2.10. The van der Waals surface area contributed by atoms with Crippen LogP contribution in [0.1, 0.15) is 6.92 Å². The summed E-state index contributed by atoms with van der Waals surface area (Å²) in [5.74, 6) is -1.34. The number of fused-ring (bicyclic) bond motifs is 1. The average Bonchev–Trinajstić information content (AvgIpc) is 2.33. The topological polar surface area (TPSA) is 92.4 Å². The number of benzene rings is 1. The zero-order valence-corrected chi connectivity index (χ0v) is 9.70. The number of aliphatic carboxylic acids is 1. The van der Waals surface area contributed by atoms with Gasteiger partial charge in [-0.05, 0) is 19.1 Å². The zero-order chi connectivity index (χ0) is 13.3. The van der Waals surface area contributed by atoms with Crippen LogP contribution in [0, 0.1) is 0 Å². The van der Waals surface area contributed by atoms with Gasteiger partial charge in [-0.3, -0.25) is 9.48 Å². The second-order valence-corrected chi connectivity index (χ2v) is 4.26. The lowest BCUT2D eigenvalue weighted by molar-refractivity contribution is -0.158. The molecule has 0 fully saturated rings. The summed E-state index contributed by atoms with van der Waals surface area (Å²) in [6.45, 7) is 0.951. The van der Waals surface area contributed by atoms with Crippen molar-refractivity contribution >= 4 is 16.9 Å². The molecule has 0 saturated heterocycles. The predicted molar refractivity (Wildman–Crippen MR) is 64.3 cm³/mol. The number of aromatic nitrogens is 2. The molecule has 1 atom stereocenters. The number of para-hydroxylation sites is 1. The quantitative estimate of drug-likeness (QED) is 0.811. The molecule has 1 unspecified atom stereocenters. The monoisotopic (exact) mass is 248 g/mol. The molecule has 0 radical (unpaired) electrons. The van der Waals surface area contributed by atoms with Crippen LogP contribution in [-0.2, 0) is 11.3 Å². The van der Waals surface area contributed by atoms with Gasteiger partial charge >= 0.3 is 5.97 Å². The maximum Gasteiger partial charge on any atom is 0.337 e. The Bertz CT molecular complexity index is 660. The van der Waals surface area contributed by atoms with Crippen LogP contribution >= 0.6 is 0 Å². The molecule has 0 aliphatic carbocycles. The van der Waals surface area contributed by atoms with Crippen molar-refractivity contribution in [2.75, 3.05) is 0 Å². The normalized spacial score (nSPS) is 14.3. The van der Waals surface area contributed by atoms with Gasteiger partial charge in [-0.15, -0.1) is 0 Å². The Morgan fingerprint density at radius 3 is 2.78 bits per heavy atom. The minimum atomic E-state index is -1.94. The molecule has 6 nitrogen and oxygen atoms in total. The minimum absolute atomic E-state index is 0.233. The van der Waals surface area contributed by atoms with Crippen LogP contribution in [0.5, 0.6) is 0 Å². The number of nitrogens with zero attached hydrogens (tertiary/aromatic N) is 2. The van der Waals surface area contributed by atoms with Crippen LogP contribution in [0.2, 0.25) is 0 Å². The van der Waals surface area contributed by atoms with E-state index in [0.717, 1.165) is 6.20 Å². The van der Waals surface area contributed by atoms with E-state index in [0.29, 0.717) is 10.9 Å². The molecule has 0 amide bonds. The summed E-state index contributed by atoms with van der Waals surface area (Å²) in [5.41, 5.74) is -1.69. The van der Waals surface area contributed by atoms with Crippen LogP contribution in [0.3, 0.4) is 0 Å². The highest BCUT2D eigenvalue weighted by atomic mass is 16.4. The van der Waals surface area contributed by atoms with E-state index in [4.69, 9.17) is 5.11 Å². The first-order valence-corrected chi connectivity index (χ1v) is 5.32. The molecule has 2 aromatic rings. The molecule has 1 aromatic carbocycles. The van der Waals surface area contributed by atoms with Crippen molar-refractivity contribution in [1.29, 1.82) is 0 Å². The lowest BCUT2D eigenvalue weighted by Crippen LogP contribution is -2.40. The zero-order valence-electron chi connectivity index (χ0n) is 9.70. The number of aliphatic hydroxyl groups is 1. The number of rotatable bonds is 3. The molecule has 1 aromatic heterocycles. The molecule has 2 rings (SSSR count). The molecule has 0 bridgehead atoms. The van der Waals surface area contributed by atoms with E-state index in [-0.39, 0.29) is 12.0 Å². The lowest BCUT2D eigenvalue weighted by atomic mass is 10.1. The van der Waals surface area contributed by atoms with Crippen molar-refractivity contribution < 1.29 is 15.0 Å². The number of hydrogen-bond acceptors (Lipinski definition) is 4. The van der Waals surface area contributed by atoms with E-state index in [2.05, 4.69) is 5.10 Å². The SMILES string of the molecule is CC(O)(Cn1ncc(=O)c2ccccc21)C(=O)O. The van der Waals surface area contributed by atoms with Crippen molar-refractivity contribution in [2.24, 2.45) is 0 Å². The van der Waals surface area contributed by atoms with E-state index < -0.39 is 11.6 Å². The van der Waals surface area contributed by atoms with Crippen molar-refractivity contribution in [3.63, 3.8) is 0 Å². The molecule has 0 saturated carbocycles. The fourth-order valence-corrected chi connectivity index (χ4v) is 1.65. The smallest absolute Gasteiger partial charge is 0.337 e. The highest BCUT2D eigenvalue weighted by Gasteiger charge is 2.31. The Morgan fingerprint density at radius 1 is 1.44 bits per heavy atom. The minimum Gasteiger partial charge on any atom is -0.479 e. The van der Waals surface area contributed by atoms with Crippen molar-refractivity contribution in [3.8, 4) is 0 Å². The Morgan fingerprint density at radius 2 is 2.11 bits per heavy atom. The molecule has 2 N–H and O–H groups in total. The maximum atomic E-state index is 11.6. The second-order valence-electron chi connectivity index (χ2n) is 4.26. The van der Waals surface area contributed by atoms with Gasteiger partial charge in [-0.1, -0.05) is 12.1 Å². The molecular formula is C12H12N2O4. The van der Waals surface area contributed by atoms with Gasteiger partial charge in [0.15, 0.2) is 5.60 Å². The van der Waals surface area contributed by atoms with Gasteiger partial charge < -0.3 is 10.2 Å². The Labute approximate surface area is 102 Å². The first-order valence-electron chi connectivity index (χ1n) is 5.32. The Kier molecular flexibility index (Phi) is 2.88. The van der Waals surface area contributed by atoms with E-state index in [1.807, 2.05) is 0 Å². The lowest BCUT2D eigenvalue weighted by Gasteiger charge is -2.19. The first kappa shape index (κ1) is 12.3. The molecule has 6 heteroatoms. The highest BCUT2D eigenvalue weighted by molar-refractivity contribution is 5.79. The fourth-order valence-electron chi connectivity index (χ4n) is 1.65. The second kappa shape index (κ2) is 4.23. The van der Waals surface area contributed by atoms with Gasteiger partial charge in [0.25, 0.3) is 0 Å². The Balaban J connectivity index is 2.57. The predicted octanol–water partition coefficient (Wildman–Crippen LogP) is 0.232. The number of carboxylic acids is 1. The molecule has 1 heterocycles. The Hall–Kier alpha value is -2.21. The molecular weight excluding hydrogens is 236 g/mol. The van der Waals surface area contributed by atoms with Crippen LogP contribution in [-0.4, -0.2) is 31.6 Å². The summed E-state index contributed by atoms with van der Waals surface area (Å²) in [5, 5.41) is 22.9. The van der Waals surface area contributed by atoms with E-state index in [1.54, 1.807) is 24.3 Å². The van der Waals surface area contributed by atoms with Crippen LogP contribution in [0.15, 0.2) is 35.3 Å². The average molecular weight is 248 g/mol. The number of hydrogen-bond donors (Lipinski definition) is 2. The molecule has 18 heavy (non-hydrogen) atoms. The number of carbonyl (C=O) groups is 1. The van der Waals surface area contributed by atoms with E-state index >= 15 is 0 Å². The number of carboxylic acid groups (broad SMARTS) is 1. The van der Waals surface area contributed by atoms with Crippen molar-refractivity contribution in [3.05, 3.63) is 40.7 Å². The third-order valence-corrected chi connectivity index (χ3v) is 2.68. The standard InChI is InChI=1S/C12H12N2O4/c1-12(18,11(16)17)7-14-9-5-3-2-4-8(9)10(15)6-13-14/h2-6,18H,7H2,1H3,(H,16,17). The van der Waals surface area contributed by atoms with Gasteiger partial charge in [0.05, 0.1) is 18.3 Å². The largest absolute Gasteiger partial charge is 0.479 e. The summed E-state index contributed by atoms with van der Waals surface area (Å²) in [4.78, 5) is 22.5. The van der Waals surface area contributed by atoms with Gasteiger partial charge in [-0.25, -0.2) is 4.79 Å². The van der Waals surface area contributed by atoms with Crippen LogP contribution in [0.25, 0.3) is 10.9 Å². The summed E-state index contributed by atoms with van der Waals surface area (Å²) in [6, 6.07) is 6.71. The van der Waals surface area contributed by atoms with E-state index in [9.17, 15) is 14.7 Å². The van der Waals surface area contributed by atoms with Crippen molar-refractivity contribution in [1.82, 2.24) is 9.78 Å². The van der Waals surface area contributed by atoms with Gasteiger partial charge in [-0.2, -0.15) is 5.10 Å². The highest BCUT2D eigenvalue weighted by Crippen LogP contribution is 2.12. The van der Waals surface area contributed by atoms with Crippen molar-refractivity contribution in [2.45, 2.75) is 19.1 Å². The fraction of sp³-hybridized carbons (Fsp3) is 0.250. The first-order chi connectivity index (χ1) is 8.42.